The summed E-state index contributed by atoms with van der Waals surface area (Å²) in [6.45, 7) is 2.55. The number of nitrogens with two attached hydrogens (primary N) is 1. The maximum atomic E-state index is 12.1. The van der Waals surface area contributed by atoms with E-state index in [1.807, 2.05) is 31.2 Å². The molecule has 1 amide bonds. The first-order valence-corrected chi connectivity index (χ1v) is 5.95. The quantitative estimate of drug-likeness (QED) is 0.906. The van der Waals surface area contributed by atoms with Crippen molar-refractivity contribution >= 4 is 11.7 Å². The Balaban J connectivity index is 2.09. The van der Waals surface area contributed by atoms with E-state index in [4.69, 9.17) is 5.73 Å². The highest BCUT2D eigenvalue weighted by Crippen LogP contribution is 2.08. The third-order valence-corrected chi connectivity index (χ3v) is 2.76. The smallest absolute Gasteiger partial charge is 0.274 e. The molecule has 0 atom stereocenters. The van der Waals surface area contributed by atoms with E-state index in [-0.39, 0.29) is 17.4 Å². The molecule has 0 saturated heterocycles. The third-order valence-electron chi connectivity index (χ3n) is 2.76. The van der Waals surface area contributed by atoms with Gasteiger partial charge < -0.3 is 10.6 Å². The number of nitrogens with zero attached hydrogens (tertiary/aromatic N) is 3. The normalized spacial score (nSPS) is 10.2. The van der Waals surface area contributed by atoms with Crippen LogP contribution >= 0.6 is 0 Å². The highest BCUT2D eigenvalue weighted by molar-refractivity contribution is 5.92. The van der Waals surface area contributed by atoms with E-state index < -0.39 is 0 Å². The van der Waals surface area contributed by atoms with Gasteiger partial charge in [0.1, 0.15) is 11.5 Å². The van der Waals surface area contributed by atoms with Crippen LogP contribution in [0.4, 0.5) is 5.82 Å². The maximum absolute atomic E-state index is 12.1. The minimum Gasteiger partial charge on any atom is -0.382 e. The molecule has 2 aromatic rings. The predicted octanol–water partition coefficient (Wildman–Crippen LogP) is 1.64. The zero-order chi connectivity index (χ0) is 13.8. The van der Waals surface area contributed by atoms with Gasteiger partial charge in [-0.25, -0.2) is 4.98 Å². The first kappa shape index (κ1) is 13.0. The van der Waals surface area contributed by atoms with Crippen molar-refractivity contribution < 1.29 is 4.79 Å². The second-order valence-corrected chi connectivity index (χ2v) is 4.48. The lowest BCUT2D eigenvalue weighted by Crippen LogP contribution is -2.27. The molecule has 0 unspecified atom stereocenters. The van der Waals surface area contributed by atoms with Crippen molar-refractivity contribution in [2.24, 2.45) is 0 Å². The van der Waals surface area contributed by atoms with E-state index in [1.165, 1.54) is 18.0 Å². The van der Waals surface area contributed by atoms with Crippen molar-refractivity contribution in [2.45, 2.75) is 13.5 Å². The fourth-order valence-corrected chi connectivity index (χ4v) is 1.72. The monoisotopic (exact) mass is 256 g/mol. The van der Waals surface area contributed by atoms with Gasteiger partial charge in [0.25, 0.3) is 5.91 Å². The fourth-order valence-electron chi connectivity index (χ4n) is 1.72. The van der Waals surface area contributed by atoms with E-state index in [0.717, 1.165) is 5.56 Å². The number of carbonyl (C=O) groups excluding carboxylic acids is 1. The van der Waals surface area contributed by atoms with Crippen molar-refractivity contribution in [1.29, 1.82) is 0 Å². The Morgan fingerprint density at radius 3 is 2.58 bits per heavy atom. The van der Waals surface area contributed by atoms with Crippen LogP contribution in [0.2, 0.25) is 0 Å². The number of nitrogen functional groups attached to an aromatic ring is 1. The Kier molecular flexibility index (Phi) is 3.75. The topological polar surface area (TPSA) is 72.1 Å². The van der Waals surface area contributed by atoms with Crippen LogP contribution in [0.25, 0.3) is 0 Å². The Hall–Kier alpha value is -2.43. The number of anilines is 1. The summed E-state index contributed by atoms with van der Waals surface area (Å²) in [5, 5.41) is 0. The van der Waals surface area contributed by atoms with Gasteiger partial charge in [-0.2, -0.15) is 0 Å². The number of rotatable bonds is 3. The average Bonchev–Trinajstić information content (AvgIpc) is 2.40. The number of hydrogen-bond donors (Lipinski definition) is 1. The molecule has 1 aromatic heterocycles. The Morgan fingerprint density at radius 1 is 1.26 bits per heavy atom. The molecular weight excluding hydrogens is 240 g/mol. The summed E-state index contributed by atoms with van der Waals surface area (Å²) in [5.41, 5.74) is 8.04. The molecule has 0 aliphatic heterocycles. The molecule has 5 heteroatoms. The van der Waals surface area contributed by atoms with Gasteiger partial charge in [0.15, 0.2) is 0 Å². The lowest BCUT2D eigenvalue weighted by atomic mass is 10.1. The summed E-state index contributed by atoms with van der Waals surface area (Å²) in [4.78, 5) is 21.6. The van der Waals surface area contributed by atoms with Gasteiger partial charge in [0, 0.05) is 13.6 Å². The van der Waals surface area contributed by atoms with Gasteiger partial charge >= 0.3 is 0 Å². The van der Waals surface area contributed by atoms with Crippen molar-refractivity contribution in [1.82, 2.24) is 14.9 Å². The predicted molar refractivity (Wildman–Crippen MR) is 73.4 cm³/mol. The molecule has 0 spiro atoms. The molecule has 2 rings (SSSR count). The van der Waals surface area contributed by atoms with Gasteiger partial charge in [0.2, 0.25) is 0 Å². The van der Waals surface area contributed by atoms with Crippen molar-refractivity contribution in [3.05, 3.63) is 53.5 Å². The van der Waals surface area contributed by atoms with Crippen molar-refractivity contribution in [2.75, 3.05) is 12.8 Å². The molecule has 1 aromatic carbocycles. The molecule has 0 saturated carbocycles. The first-order chi connectivity index (χ1) is 9.06. The zero-order valence-electron chi connectivity index (χ0n) is 11.0. The number of amides is 1. The van der Waals surface area contributed by atoms with Crippen LogP contribution in [0.5, 0.6) is 0 Å². The van der Waals surface area contributed by atoms with Crippen LogP contribution in [0, 0.1) is 6.92 Å². The van der Waals surface area contributed by atoms with Gasteiger partial charge in [-0.05, 0) is 12.5 Å². The number of benzene rings is 1. The molecule has 0 bridgehead atoms. The molecule has 2 N–H and O–H groups in total. The lowest BCUT2D eigenvalue weighted by molar-refractivity contribution is 0.0779. The molecule has 5 nitrogen and oxygen atoms in total. The van der Waals surface area contributed by atoms with E-state index in [0.29, 0.717) is 6.54 Å². The van der Waals surface area contributed by atoms with Gasteiger partial charge in [-0.1, -0.05) is 29.8 Å². The highest BCUT2D eigenvalue weighted by Gasteiger charge is 2.14. The summed E-state index contributed by atoms with van der Waals surface area (Å²) >= 11 is 0. The van der Waals surface area contributed by atoms with E-state index in [2.05, 4.69) is 9.97 Å². The number of hydrogen-bond acceptors (Lipinski definition) is 4. The minimum atomic E-state index is -0.194. The SMILES string of the molecule is Cc1ccc(CN(C)C(=O)c2cncc(N)n2)cc1. The Morgan fingerprint density at radius 2 is 1.95 bits per heavy atom. The molecule has 0 fully saturated rings. The second-order valence-electron chi connectivity index (χ2n) is 4.48. The van der Waals surface area contributed by atoms with Crippen LogP contribution in [0.15, 0.2) is 36.7 Å². The molecule has 0 radical (unpaired) electrons. The maximum Gasteiger partial charge on any atom is 0.274 e. The molecule has 0 aliphatic carbocycles. The third kappa shape index (κ3) is 3.28. The second kappa shape index (κ2) is 5.48. The van der Waals surface area contributed by atoms with Crippen LogP contribution in [-0.2, 0) is 6.54 Å². The molecule has 1 heterocycles. The molecule has 0 aliphatic rings. The molecule has 98 valence electrons. The van der Waals surface area contributed by atoms with Crippen LogP contribution in [-0.4, -0.2) is 27.8 Å². The largest absolute Gasteiger partial charge is 0.382 e. The Bertz CT molecular complexity index is 580. The van der Waals surface area contributed by atoms with Crippen LogP contribution in [0.1, 0.15) is 21.6 Å². The minimum absolute atomic E-state index is 0.194. The summed E-state index contributed by atoms with van der Waals surface area (Å²) in [7, 11) is 1.73. The van der Waals surface area contributed by atoms with Crippen molar-refractivity contribution in [3.63, 3.8) is 0 Å². The van der Waals surface area contributed by atoms with Gasteiger partial charge in [-0.15, -0.1) is 0 Å². The zero-order valence-corrected chi connectivity index (χ0v) is 11.0. The summed E-state index contributed by atoms with van der Waals surface area (Å²) in [6, 6.07) is 8.05. The molecule has 19 heavy (non-hydrogen) atoms. The number of aryl methyl sites for hydroxylation is 1. The van der Waals surface area contributed by atoms with Crippen LogP contribution in [0.3, 0.4) is 0 Å². The van der Waals surface area contributed by atoms with Crippen molar-refractivity contribution in [3.8, 4) is 0 Å². The summed E-state index contributed by atoms with van der Waals surface area (Å²) < 4.78 is 0. The van der Waals surface area contributed by atoms with E-state index >= 15 is 0 Å². The number of aromatic nitrogens is 2. The first-order valence-electron chi connectivity index (χ1n) is 5.95. The van der Waals surface area contributed by atoms with E-state index in [1.54, 1.807) is 11.9 Å². The summed E-state index contributed by atoms with van der Waals surface area (Å²) in [6.07, 6.45) is 2.83. The van der Waals surface area contributed by atoms with Crippen LogP contribution < -0.4 is 5.73 Å². The average molecular weight is 256 g/mol. The molecular formula is C14H16N4O. The standard InChI is InChI=1S/C14H16N4O/c1-10-3-5-11(6-4-10)9-18(2)14(19)12-7-16-8-13(15)17-12/h3-8H,9H2,1-2H3,(H2,15,17). The van der Waals surface area contributed by atoms with Gasteiger partial charge in [-0.3, -0.25) is 9.78 Å². The summed E-state index contributed by atoms with van der Waals surface area (Å²) in [5.74, 6) is 0.0509. The lowest BCUT2D eigenvalue weighted by Gasteiger charge is -2.16. The van der Waals surface area contributed by atoms with Gasteiger partial charge in [0.05, 0.1) is 12.4 Å². The number of carbonyl (C=O) groups is 1. The highest BCUT2D eigenvalue weighted by atomic mass is 16.2. The Labute approximate surface area is 112 Å². The van der Waals surface area contributed by atoms with E-state index in [9.17, 15) is 4.79 Å². The fraction of sp³-hybridized carbons (Fsp3) is 0.214.